The zero-order valence-electron chi connectivity index (χ0n) is 16.1. The van der Waals surface area contributed by atoms with Crippen LogP contribution in [0.15, 0.2) is 24.3 Å². The molecule has 1 aromatic rings. The van der Waals surface area contributed by atoms with Crippen molar-refractivity contribution in [3.63, 3.8) is 0 Å². The first kappa shape index (κ1) is 18.0. The fourth-order valence-corrected chi connectivity index (χ4v) is 5.39. The molecule has 1 aromatic carbocycles. The van der Waals surface area contributed by atoms with Crippen molar-refractivity contribution in [1.29, 1.82) is 0 Å². The third-order valence-electron chi connectivity index (χ3n) is 7.16. The average molecular weight is 327 g/mol. The standard InChI is InChI=1S/C24H38/c1-3-5-6-20-9-13-22(14-10-20)24-17-15-23(16-18-24)21-11-7-19(4-2)8-12-21/h7-8,11-12,20,22-24H,3-6,9-10,13-18H2,1-2H3/t20-,22-,23-,24-. The van der Waals surface area contributed by atoms with E-state index in [2.05, 4.69) is 38.1 Å². The van der Waals surface area contributed by atoms with E-state index in [-0.39, 0.29) is 0 Å². The largest absolute Gasteiger partial charge is 0.0654 e. The quantitative estimate of drug-likeness (QED) is 0.507. The van der Waals surface area contributed by atoms with Crippen molar-refractivity contribution >= 4 is 0 Å². The molecule has 0 N–H and O–H groups in total. The molecule has 0 heterocycles. The molecular weight excluding hydrogens is 288 g/mol. The van der Waals surface area contributed by atoms with Gasteiger partial charge in [0.15, 0.2) is 0 Å². The summed E-state index contributed by atoms with van der Waals surface area (Å²) in [6.07, 6.45) is 17.5. The Balaban J connectivity index is 1.43. The van der Waals surface area contributed by atoms with E-state index in [4.69, 9.17) is 0 Å². The van der Waals surface area contributed by atoms with E-state index in [1.54, 1.807) is 5.56 Å². The fraction of sp³-hybridized carbons (Fsp3) is 0.750. The van der Waals surface area contributed by atoms with E-state index in [1.165, 1.54) is 76.2 Å². The molecular formula is C24H38. The number of unbranched alkanes of at least 4 members (excludes halogenated alkanes) is 1. The molecule has 3 rings (SSSR count). The summed E-state index contributed by atoms with van der Waals surface area (Å²) in [5, 5.41) is 0. The average Bonchev–Trinajstić information content (AvgIpc) is 2.67. The Morgan fingerprint density at radius 3 is 1.88 bits per heavy atom. The molecule has 0 radical (unpaired) electrons. The van der Waals surface area contributed by atoms with Crippen LogP contribution in [0.25, 0.3) is 0 Å². The Morgan fingerprint density at radius 1 is 0.750 bits per heavy atom. The zero-order valence-corrected chi connectivity index (χ0v) is 16.1. The van der Waals surface area contributed by atoms with Crippen LogP contribution in [0.3, 0.4) is 0 Å². The van der Waals surface area contributed by atoms with Gasteiger partial charge in [0, 0.05) is 0 Å². The molecule has 0 atom stereocenters. The monoisotopic (exact) mass is 326 g/mol. The van der Waals surface area contributed by atoms with Gasteiger partial charge < -0.3 is 0 Å². The summed E-state index contributed by atoms with van der Waals surface area (Å²) in [5.74, 6) is 4.01. The van der Waals surface area contributed by atoms with Crippen LogP contribution >= 0.6 is 0 Å². The number of benzene rings is 1. The Labute approximate surface area is 150 Å². The predicted octanol–water partition coefficient (Wildman–Crippen LogP) is 7.52. The SMILES string of the molecule is CCCC[C@H]1CC[C@H]([C@H]2CC[C@H](c3ccc(CC)cc3)CC2)CC1. The highest BCUT2D eigenvalue weighted by Gasteiger charge is 2.31. The molecule has 0 aliphatic heterocycles. The van der Waals surface area contributed by atoms with Gasteiger partial charge in [-0.1, -0.05) is 70.2 Å². The van der Waals surface area contributed by atoms with Crippen LogP contribution in [-0.2, 0) is 6.42 Å². The van der Waals surface area contributed by atoms with E-state index in [0.29, 0.717) is 0 Å². The lowest BCUT2D eigenvalue weighted by Crippen LogP contribution is -2.25. The van der Waals surface area contributed by atoms with Crippen LogP contribution in [0, 0.1) is 17.8 Å². The van der Waals surface area contributed by atoms with Crippen molar-refractivity contribution in [3.05, 3.63) is 35.4 Å². The Hall–Kier alpha value is -0.780. The topological polar surface area (TPSA) is 0 Å². The summed E-state index contributed by atoms with van der Waals surface area (Å²) in [4.78, 5) is 0. The molecule has 0 heteroatoms. The van der Waals surface area contributed by atoms with E-state index in [0.717, 1.165) is 30.1 Å². The Kier molecular flexibility index (Phi) is 6.81. The van der Waals surface area contributed by atoms with Crippen molar-refractivity contribution in [2.75, 3.05) is 0 Å². The van der Waals surface area contributed by atoms with Gasteiger partial charge in [0.05, 0.1) is 0 Å². The molecule has 0 saturated heterocycles. The Bertz CT molecular complexity index is 455. The van der Waals surface area contributed by atoms with Gasteiger partial charge in [-0.05, 0) is 79.7 Å². The summed E-state index contributed by atoms with van der Waals surface area (Å²) in [7, 11) is 0. The number of rotatable bonds is 6. The van der Waals surface area contributed by atoms with Gasteiger partial charge in [0.2, 0.25) is 0 Å². The van der Waals surface area contributed by atoms with Gasteiger partial charge in [-0.15, -0.1) is 0 Å². The van der Waals surface area contributed by atoms with Crippen molar-refractivity contribution in [1.82, 2.24) is 0 Å². The van der Waals surface area contributed by atoms with Crippen molar-refractivity contribution in [3.8, 4) is 0 Å². The van der Waals surface area contributed by atoms with Crippen LogP contribution in [-0.4, -0.2) is 0 Å². The second kappa shape index (κ2) is 9.07. The van der Waals surface area contributed by atoms with E-state index >= 15 is 0 Å². The van der Waals surface area contributed by atoms with Gasteiger partial charge in [0.25, 0.3) is 0 Å². The molecule has 24 heavy (non-hydrogen) atoms. The van der Waals surface area contributed by atoms with Crippen LogP contribution in [0.2, 0.25) is 0 Å². The maximum absolute atomic E-state index is 2.41. The molecule has 0 unspecified atom stereocenters. The summed E-state index contributed by atoms with van der Waals surface area (Å²) >= 11 is 0. The summed E-state index contributed by atoms with van der Waals surface area (Å²) in [5.41, 5.74) is 3.08. The van der Waals surface area contributed by atoms with E-state index in [1.807, 2.05) is 0 Å². The first-order chi connectivity index (χ1) is 11.8. The van der Waals surface area contributed by atoms with Crippen molar-refractivity contribution < 1.29 is 0 Å². The lowest BCUT2D eigenvalue weighted by Gasteiger charge is -2.38. The molecule has 0 aromatic heterocycles. The molecule has 0 amide bonds. The summed E-state index contributed by atoms with van der Waals surface area (Å²) < 4.78 is 0. The van der Waals surface area contributed by atoms with Gasteiger partial charge >= 0.3 is 0 Å². The highest BCUT2D eigenvalue weighted by molar-refractivity contribution is 5.25. The van der Waals surface area contributed by atoms with Crippen LogP contribution in [0.5, 0.6) is 0 Å². The molecule has 134 valence electrons. The lowest BCUT2D eigenvalue weighted by atomic mass is 9.68. The first-order valence-electron chi connectivity index (χ1n) is 10.9. The van der Waals surface area contributed by atoms with Gasteiger partial charge in [-0.3, -0.25) is 0 Å². The first-order valence-corrected chi connectivity index (χ1v) is 10.9. The Morgan fingerprint density at radius 2 is 1.33 bits per heavy atom. The molecule has 0 spiro atoms. The van der Waals surface area contributed by atoms with Crippen LogP contribution < -0.4 is 0 Å². The van der Waals surface area contributed by atoms with Gasteiger partial charge in [-0.25, -0.2) is 0 Å². The second-order valence-electron chi connectivity index (χ2n) is 8.63. The van der Waals surface area contributed by atoms with Gasteiger partial charge in [-0.2, -0.15) is 0 Å². The normalized spacial score (nSPS) is 31.1. The number of hydrogen-bond acceptors (Lipinski definition) is 0. The third kappa shape index (κ3) is 4.64. The second-order valence-corrected chi connectivity index (χ2v) is 8.63. The highest BCUT2D eigenvalue weighted by Crippen LogP contribution is 2.44. The summed E-state index contributed by atoms with van der Waals surface area (Å²) in [6.45, 7) is 4.58. The summed E-state index contributed by atoms with van der Waals surface area (Å²) in [6, 6.07) is 9.50. The minimum absolute atomic E-state index is 0.841. The van der Waals surface area contributed by atoms with Crippen molar-refractivity contribution in [2.45, 2.75) is 96.8 Å². The highest BCUT2D eigenvalue weighted by atomic mass is 14.4. The van der Waals surface area contributed by atoms with Crippen LogP contribution in [0.1, 0.15) is 102 Å². The fourth-order valence-electron chi connectivity index (χ4n) is 5.39. The number of hydrogen-bond donors (Lipinski definition) is 0. The zero-order chi connectivity index (χ0) is 16.8. The maximum atomic E-state index is 2.41. The molecule has 0 nitrogen and oxygen atoms in total. The maximum Gasteiger partial charge on any atom is -0.0162 e. The number of aryl methyl sites for hydroxylation is 1. The van der Waals surface area contributed by atoms with Crippen LogP contribution in [0.4, 0.5) is 0 Å². The minimum atomic E-state index is 0.841. The molecule has 2 fully saturated rings. The lowest BCUT2D eigenvalue weighted by molar-refractivity contribution is 0.156. The van der Waals surface area contributed by atoms with Gasteiger partial charge in [0.1, 0.15) is 0 Å². The molecule has 0 bridgehead atoms. The molecule has 2 saturated carbocycles. The molecule has 2 aliphatic rings. The third-order valence-corrected chi connectivity index (χ3v) is 7.16. The molecule has 2 aliphatic carbocycles. The smallest absolute Gasteiger partial charge is 0.0162 e. The van der Waals surface area contributed by atoms with E-state index in [9.17, 15) is 0 Å². The minimum Gasteiger partial charge on any atom is -0.0654 e. The predicted molar refractivity (Wildman–Crippen MR) is 105 cm³/mol. The van der Waals surface area contributed by atoms with E-state index < -0.39 is 0 Å². The van der Waals surface area contributed by atoms with Crippen molar-refractivity contribution in [2.24, 2.45) is 17.8 Å².